The molecule has 1 heterocycles. The van der Waals surface area contributed by atoms with Crippen molar-refractivity contribution in [3.8, 4) is 6.07 Å². The van der Waals surface area contributed by atoms with Crippen LogP contribution >= 0.6 is 0 Å². The van der Waals surface area contributed by atoms with E-state index < -0.39 is 5.97 Å². The molecule has 0 aromatic carbocycles. The Morgan fingerprint density at radius 1 is 1.32 bits per heavy atom. The minimum Gasteiger partial charge on any atom is -0.465 e. The first-order valence-electron chi connectivity index (χ1n) is 6.39. The molecule has 0 aliphatic carbocycles. The molecule has 0 saturated carbocycles. The number of hydrogen-bond acceptors (Lipinski definition) is 5. The van der Waals surface area contributed by atoms with Gasteiger partial charge in [-0.3, -0.25) is 0 Å². The molecule has 0 spiro atoms. The second-order valence-electron chi connectivity index (χ2n) is 6.43. The third-order valence-electron chi connectivity index (χ3n) is 3.42. The SMILES string of the molecule is COC(=O)C(C#N)=C(N)C1CC(C)(C)NC(C)(C)C1. The zero-order valence-electron chi connectivity index (χ0n) is 12.3. The van der Waals surface area contributed by atoms with Crippen molar-refractivity contribution in [3.63, 3.8) is 0 Å². The Balaban J connectivity index is 3.11. The molecule has 5 nitrogen and oxygen atoms in total. The highest BCUT2D eigenvalue weighted by atomic mass is 16.5. The van der Waals surface area contributed by atoms with Crippen molar-refractivity contribution >= 4 is 5.97 Å². The van der Waals surface area contributed by atoms with Crippen molar-refractivity contribution in [2.24, 2.45) is 11.7 Å². The molecule has 0 amide bonds. The van der Waals surface area contributed by atoms with E-state index in [9.17, 15) is 4.79 Å². The van der Waals surface area contributed by atoms with Crippen molar-refractivity contribution in [3.05, 3.63) is 11.3 Å². The molecule has 0 aromatic heterocycles. The summed E-state index contributed by atoms with van der Waals surface area (Å²) >= 11 is 0. The molecule has 1 fully saturated rings. The fourth-order valence-corrected chi connectivity index (χ4v) is 3.08. The lowest BCUT2D eigenvalue weighted by molar-refractivity contribution is -0.135. The first-order chi connectivity index (χ1) is 8.62. The Labute approximate surface area is 114 Å². The Bertz CT molecular complexity index is 428. The predicted octanol–water partition coefficient (Wildman–Crippen LogP) is 1.45. The molecule has 0 radical (unpaired) electrons. The predicted molar refractivity (Wildman–Crippen MR) is 72.9 cm³/mol. The van der Waals surface area contributed by atoms with E-state index in [1.807, 2.05) is 6.07 Å². The average Bonchev–Trinajstić information content (AvgIpc) is 2.25. The number of hydrogen-bond donors (Lipinski definition) is 2. The van der Waals surface area contributed by atoms with Crippen LogP contribution in [0.5, 0.6) is 0 Å². The van der Waals surface area contributed by atoms with Crippen LogP contribution in [0.2, 0.25) is 0 Å². The van der Waals surface area contributed by atoms with Crippen LogP contribution in [0.25, 0.3) is 0 Å². The van der Waals surface area contributed by atoms with Gasteiger partial charge in [-0.05, 0) is 40.5 Å². The number of rotatable bonds is 2. The van der Waals surface area contributed by atoms with Crippen molar-refractivity contribution in [2.75, 3.05) is 7.11 Å². The zero-order chi connectivity index (χ0) is 14.8. The van der Waals surface area contributed by atoms with Crippen LogP contribution in [0.4, 0.5) is 0 Å². The molecular weight excluding hydrogens is 242 g/mol. The fraction of sp³-hybridized carbons (Fsp3) is 0.714. The number of carbonyl (C=O) groups excluding carboxylic acids is 1. The summed E-state index contributed by atoms with van der Waals surface area (Å²) in [6.07, 6.45) is 1.56. The molecule has 3 N–H and O–H groups in total. The summed E-state index contributed by atoms with van der Waals surface area (Å²) < 4.78 is 4.60. The molecule has 1 rings (SSSR count). The molecule has 0 unspecified atom stereocenters. The highest BCUT2D eigenvalue weighted by Gasteiger charge is 2.39. The van der Waals surface area contributed by atoms with Gasteiger partial charge in [-0.2, -0.15) is 5.26 Å². The summed E-state index contributed by atoms with van der Waals surface area (Å²) in [6.45, 7) is 8.38. The maximum Gasteiger partial charge on any atom is 0.350 e. The molecule has 0 aromatic rings. The summed E-state index contributed by atoms with van der Waals surface area (Å²) in [4.78, 5) is 11.6. The van der Waals surface area contributed by atoms with Gasteiger partial charge in [0.15, 0.2) is 5.57 Å². The van der Waals surface area contributed by atoms with Crippen LogP contribution in [-0.4, -0.2) is 24.2 Å². The summed E-state index contributed by atoms with van der Waals surface area (Å²) in [5.74, 6) is -0.658. The topological polar surface area (TPSA) is 88.1 Å². The molecular formula is C14H23N3O2. The molecule has 1 saturated heterocycles. The lowest BCUT2D eigenvalue weighted by Gasteiger charge is -2.46. The van der Waals surface area contributed by atoms with E-state index in [2.05, 4.69) is 37.7 Å². The number of nitriles is 1. The minimum atomic E-state index is -0.658. The number of methoxy groups -OCH3 is 1. The summed E-state index contributed by atoms with van der Waals surface area (Å²) in [6, 6.07) is 1.86. The van der Waals surface area contributed by atoms with Crippen LogP contribution in [0.3, 0.4) is 0 Å². The second-order valence-corrected chi connectivity index (χ2v) is 6.43. The molecule has 0 atom stereocenters. The summed E-state index contributed by atoms with van der Waals surface area (Å²) in [5, 5.41) is 12.6. The third kappa shape index (κ3) is 3.71. The lowest BCUT2D eigenvalue weighted by atomic mass is 9.74. The van der Waals surface area contributed by atoms with Crippen molar-refractivity contribution in [2.45, 2.75) is 51.6 Å². The maximum atomic E-state index is 11.6. The molecule has 5 heteroatoms. The third-order valence-corrected chi connectivity index (χ3v) is 3.42. The molecule has 0 bridgehead atoms. The van der Waals surface area contributed by atoms with Gasteiger partial charge >= 0.3 is 5.97 Å². The van der Waals surface area contributed by atoms with Gasteiger partial charge in [0.05, 0.1) is 7.11 Å². The number of carbonyl (C=O) groups is 1. The van der Waals surface area contributed by atoms with E-state index in [1.165, 1.54) is 7.11 Å². The lowest BCUT2D eigenvalue weighted by Crippen LogP contribution is -2.58. The number of esters is 1. The summed E-state index contributed by atoms with van der Waals surface area (Å²) in [5.41, 5.74) is 6.15. The number of piperidine rings is 1. The first-order valence-corrected chi connectivity index (χ1v) is 6.39. The van der Waals surface area contributed by atoms with E-state index in [-0.39, 0.29) is 22.6 Å². The second kappa shape index (κ2) is 5.22. The highest BCUT2D eigenvalue weighted by Crippen LogP contribution is 2.36. The molecule has 19 heavy (non-hydrogen) atoms. The van der Waals surface area contributed by atoms with Gasteiger partial charge < -0.3 is 15.8 Å². The number of nitrogens with two attached hydrogens (primary N) is 1. The van der Waals surface area contributed by atoms with Crippen LogP contribution < -0.4 is 11.1 Å². The van der Waals surface area contributed by atoms with E-state index in [1.54, 1.807) is 0 Å². The molecule has 1 aliphatic rings. The quantitative estimate of drug-likeness (QED) is 0.448. The summed E-state index contributed by atoms with van der Waals surface area (Å²) in [7, 11) is 1.25. The Morgan fingerprint density at radius 3 is 2.16 bits per heavy atom. The zero-order valence-corrected chi connectivity index (χ0v) is 12.3. The van der Waals surface area contributed by atoms with Crippen molar-refractivity contribution in [1.29, 1.82) is 5.26 Å². The van der Waals surface area contributed by atoms with Crippen LogP contribution in [0, 0.1) is 17.2 Å². The van der Waals surface area contributed by atoms with Gasteiger partial charge in [0, 0.05) is 22.7 Å². The van der Waals surface area contributed by atoms with Crippen LogP contribution in [0.15, 0.2) is 11.3 Å². The number of nitrogens with zero attached hydrogens (tertiary/aromatic N) is 1. The van der Waals surface area contributed by atoms with Gasteiger partial charge in [0.2, 0.25) is 0 Å². The standard InChI is InChI=1S/C14H23N3O2/c1-13(2)6-9(7-14(3,4)17-13)11(16)10(8-15)12(18)19-5/h9,17H,6-7,16H2,1-5H3. The Kier molecular flexibility index (Phi) is 4.26. The van der Waals surface area contributed by atoms with Gasteiger partial charge in [-0.15, -0.1) is 0 Å². The first kappa shape index (κ1) is 15.5. The molecule has 1 aliphatic heterocycles. The largest absolute Gasteiger partial charge is 0.465 e. The van der Waals surface area contributed by atoms with Crippen molar-refractivity contribution < 1.29 is 9.53 Å². The van der Waals surface area contributed by atoms with Crippen LogP contribution in [-0.2, 0) is 9.53 Å². The van der Waals surface area contributed by atoms with Crippen LogP contribution in [0.1, 0.15) is 40.5 Å². The maximum absolute atomic E-state index is 11.6. The van der Waals surface area contributed by atoms with E-state index in [0.29, 0.717) is 5.70 Å². The Hall–Kier alpha value is -1.54. The van der Waals surface area contributed by atoms with Crippen molar-refractivity contribution in [1.82, 2.24) is 5.32 Å². The van der Waals surface area contributed by atoms with E-state index in [0.717, 1.165) is 12.8 Å². The molecule has 106 valence electrons. The Morgan fingerprint density at radius 2 is 1.79 bits per heavy atom. The smallest absolute Gasteiger partial charge is 0.350 e. The van der Waals surface area contributed by atoms with Gasteiger partial charge in [-0.1, -0.05) is 0 Å². The highest BCUT2D eigenvalue weighted by molar-refractivity contribution is 5.93. The van der Waals surface area contributed by atoms with Gasteiger partial charge in [-0.25, -0.2) is 4.79 Å². The van der Waals surface area contributed by atoms with E-state index >= 15 is 0 Å². The normalized spacial score (nSPS) is 23.2. The average molecular weight is 265 g/mol. The fourth-order valence-electron chi connectivity index (χ4n) is 3.08. The van der Waals surface area contributed by atoms with Gasteiger partial charge in [0.25, 0.3) is 0 Å². The number of allylic oxidation sites excluding steroid dienone is 1. The monoisotopic (exact) mass is 265 g/mol. The number of nitrogens with one attached hydrogen (secondary N) is 1. The number of ether oxygens (including phenoxy) is 1. The minimum absolute atomic E-state index is 0.000000000000000666. The van der Waals surface area contributed by atoms with E-state index in [4.69, 9.17) is 11.0 Å². The van der Waals surface area contributed by atoms with Gasteiger partial charge in [0.1, 0.15) is 6.07 Å².